The van der Waals surface area contributed by atoms with E-state index in [2.05, 4.69) is 14.7 Å². The van der Waals surface area contributed by atoms with Crippen molar-refractivity contribution in [3.8, 4) is 5.69 Å². The van der Waals surface area contributed by atoms with E-state index in [1.165, 1.54) is 30.5 Å². The van der Waals surface area contributed by atoms with E-state index >= 15 is 0 Å². The van der Waals surface area contributed by atoms with Crippen LogP contribution >= 0.6 is 0 Å². The fourth-order valence-corrected chi connectivity index (χ4v) is 4.85. The van der Waals surface area contributed by atoms with Gasteiger partial charge in [0.15, 0.2) is 0 Å². The van der Waals surface area contributed by atoms with Gasteiger partial charge >= 0.3 is 0 Å². The molecule has 0 saturated heterocycles. The zero-order valence-corrected chi connectivity index (χ0v) is 19.1. The van der Waals surface area contributed by atoms with Gasteiger partial charge < -0.3 is 0 Å². The number of rotatable bonds is 6. The summed E-state index contributed by atoms with van der Waals surface area (Å²) in [5.74, 6) is -1.94. The van der Waals surface area contributed by atoms with Crippen molar-refractivity contribution in [3.63, 3.8) is 0 Å². The Kier molecular flexibility index (Phi) is 5.91. The Morgan fingerprint density at radius 1 is 1.00 bits per heavy atom. The maximum Gasteiger partial charge on any atom is 0.266 e. The molecule has 2 aromatic carbocycles. The van der Waals surface area contributed by atoms with Gasteiger partial charge in [-0.2, -0.15) is 0 Å². The van der Waals surface area contributed by atoms with Gasteiger partial charge in [0.05, 0.1) is 28.0 Å². The van der Waals surface area contributed by atoms with Crippen LogP contribution < -0.4 is 10.3 Å². The van der Waals surface area contributed by atoms with E-state index in [1.54, 1.807) is 0 Å². The molecule has 4 aromatic rings. The van der Waals surface area contributed by atoms with Crippen LogP contribution in [0.15, 0.2) is 70.9 Å². The zero-order chi connectivity index (χ0) is 24.7. The normalized spacial score (nSPS) is 12.1. The molecule has 0 spiro atoms. The number of aromatic nitrogens is 3. The minimum atomic E-state index is -4.00. The fourth-order valence-electron chi connectivity index (χ4n) is 3.13. The average Bonchev–Trinajstić information content (AvgIpc) is 2.76. The minimum Gasteiger partial charge on any atom is -0.284 e. The Morgan fingerprint density at radius 3 is 2.35 bits per heavy atom. The summed E-state index contributed by atoms with van der Waals surface area (Å²) < 4.78 is 78.9. The summed E-state index contributed by atoms with van der Waals surface area (Å²) in [5, 5.41) is -0.417. The predicted octanol–water partition coefficient (Wildman–Crippen LogP) is 2.40. The van der Waals surface area contributed by atoms with Crippen LogP contribution in [0.2, 0.25) is 0 Å². The lowest BCUT2D eigenvalue weighted by Gasteiger charge is -2.12. The summed E-state index contributed by atoms with van der Waals surface area (Å²) in [5.41, 5.74) is -0.447. The first-order valence-corrected chi connectivity index (χ1v) is 13.1. The van der Waals surface area contributed by atoms with E-state index in [9.17, 15) is 30.4 Å². The number of halogens is 2. The molecule has 176 valence electrons. The van der Waals surface area contributed by atoms with Gasteiger partial charge in [0, 0.05) is 24.7 Å². The summed E-state index contributed by atoms with van der Waals surface area (Å²) in [6, 6.07) is 9.69. The summed E-state index contributed by atoms with van der Waals surface area (Å²) in [4.78, 5) is 20.4. The van der Waals surface area contributed by atoms with E-state index < -0.39 is 48.0 Å². The monoisotopic (exact) mass is 506 g/mol. The number of anilines is 1. The third-order valence-corrected chi connectivity index (χ3v) is 6.83. The molecular weight excluding hydrogens is 490 g/mol. The molecule has 0 aliphatic carbocycles. The van der Waals surface area contributed by atoms with Gasteiger partial charge in [-0.15, -0.1) is 0 Å². The molecule has 0 saturated carbocycles. The Hall–Kier alpha value is -3.71. The van der Waals surface area contributed by atoms with Crippen molar-refractivity contribution in [3.05, 3.63) is 88.5 Å². The molecule has 9 nitrogen and oxygen atoms in total. The molecule has 0 aliphatic rings. The second-order valence-corrected chi connectivity index (χ2v) is 11.0. The molecule has 0 bridgehead atoms. The largest absolute Gasteiger partial charge is 0.284 e. The lowest BCUT2D eigenvalue weighted by atomic mass is 10.2. The molecule has 0 amide bonds. The van der Waals surface area contributed by atoms with Crippen LogP contribution in [0, 0.1) is 11.6 Å². The first kappa shape index (κ1) is 23.4. The SMILES string of the molecule is CS(=O)(=O)c1ncc2c(=O)n(-c3ccc(NS(=O)(=O)Cc4ccc(F)cc4)c(F)c3)ccc2n1. The van der Waals surface area contributed by atoms with E-state index in [0.29, 0.717) is 5.56 Å². The molecule has 0 radical (unpaired) electrons. The van der Waals surface area contributed by atoms with E-state index in [4.69, 9.17) is 0 Å². The molecule has 2 heterocycles. The van der Waals surface area contributed by atoms with Crippen LogP contribution in [0.3, 0.4) is 0 Å². The second-order valence-electron chi connectivity index (χ2n) is 7.37. The van der Waals surface area contributed by atoms with E-state index in [1.807, 2.05) is 0 Å². The van der Waals surface area contributed by atoms with Crippen LogP contribution in [0.1, 0.15) is 5.56 Å². The quantitative estimate of drug-likeness (QED) is 0.398. The number of fused-ring (bicyclic) bond motifs is 1. The number of sulfonamides is 1. The highest BCUT2D eigenvalue weighted by atomic mass is 32.2. The summed E-state index contributed by atoms with van der Waals surface area (Å²) in [6.07, 6.45) is 3.30. The number of sulfone groups is 1. The summed E-state index contributed by atoms with van der Waals surface area (Å²) in [7, 11) is -7.67. The summed E-state index contributed by atoms with van der Waals surface area (Å²) in [6.45, 7) is 0. The van der Waals surface area contributed by atoms with Crippen molar-refractivity contribution in [1.82, 2.24) is 14.5 Å². The molecule has 0 atom stereocenters. The van der Waals surface area contributed by atoms with Crippen molar-refractivity contribution in [2.24, 2.45) is 0 Å². The second kappa shape index (κ2) is 8.57. The standard InChI is InChI=1S/C21H16F2N4O5S2/c1-33(29,30)21-24-11-16-18(25-21)8-9-27(20(16)28)15-6-7-19(17(23)10-15)26-34(31,32)12-13-2-4-14(22)5-3-13/h2-11,26H,12H2,1H3. The number of hydrogen-bond donors (Lipinski definition) is 1. The summed E-state index contributed by atoms with van der Waals surface area (Å²) >= 11 is 0. The number of hydrogen-bond acceptors (Lipinski definition) is 7. The van der Waals surface area contributed by atoms with Crippen molar-refractivity contribution >= 4 is 36.5 Å². The Bertz CT molecular complexity index is 1690. The van der Waals surface area contributed by atoms with Crippen molar-refractivity contribution in [1.29, 1.82) is 0 Å². The van der Waals surface area contributed by atoms with Gasteiger partial charge in [-0.3, -0.25) is 14.1 Å². The van der Waals surface area contributed by atoms with Crippen LogP contribution in [-0.2, 0) is 25.6 Å². The molecule has 0 aliphatic heterocycles. The Morgan fingerprint density at radius 2 is 1.71 bits per heavy atom. The third kappa shape index (κ3) is 4.94. The zero-order valence-electron chi connectivity index (χ0n) is 17.4. The fraction of sp³-hybridized carbons (Fsp3) is 0.0952. The average molecular weight is 507 g/mol. The Labute approximate surface area is 192 Å². The minimum absolute atomic E-state index is 0.0133. The molecule has 2 aromatic heterocycles. The topological polar surface area (TPSA) is 128 Å². The first-order chi connectivity index (χ1) is 15.9. The molecule has 13 heteroatoms. The lowest BCUT2D eigenvalue weighted by Crippen LogP contribution is -2.20. The van der Waals surface area contributed by atoms with Crippen LogP contribution in [0.4, 0.5) is 14.5 Å². The van der Waals surface area contributed by atoms with Gasteiger partial charge in [0.25, 0.3) is 5.56 Å². The van der Waals surface area contributed by atoms with Gasteiger partial charge in [0.1, 0.15) is 11.6 Å². The van der Waals surface area contributed by atoms with Gasteiger partial charge in [0.2, 0.25) is 25.0 Å². The van der Waals surface area contributed by atoms with Crippen molar-refractivity contribution < 1.29 is 25.6 Å². The van der Waals surface area contributed by atoms with Gasteiger partial charge in [-0.05, 0) is 35.9 Å². The maximum atomic E-state index is 14.7. The molecule has 4 rings (SSSR count). The van der Waals surface area contributed by atoms with Crippen LogP contribution in [0.5, 0.6) is 0 Å². The maximum absolute atomic E-state index is 14.7. The van der Waals surface area contributed by atoms with Crippen LogP contribution in [0.25, 0.3) is 16.6 Å². The van der Waals surface area contributed by atoms with Gasteiger partial charge in [-0.1, -0.05) is 12.1 Å². The highest BCUT2D eigenvalue weighted by Gasteiger charge is 2.17. The third-order valence-electron chi connectivity index (χ3n) is 4.72. The molecule has 0 unspecified atom stereocenters. The highest BCUT2D eigenvalue weighted by Crippen LogP contribution is 2.21. The highest BCUT2D eigenvalue weighted by molar-refractivity contribution is 7.92. The number of benzene rings is 2. The molecular formula is C21H16F2N4O5S2. The lowest BCUT2D eigenvalue weighted by molar-refractivity contribution is 0.593. The van der Waals surface area contributed by atoms with Gasteiger partial charge in [-0.25, -0.2) is 35.6 Å². The number of nitrogens with zero attached hydrogens (tertiary/aromatic N) is 3. The first-order valence-electron chi connectivity index (χ1n) is 9.56. The van der Waals surface area contributed by atoms with E-state index in [-0.39, 0.29) is 22.3 Å². The predicted molar refractivity (Wildman–Crippen MR) is 121 cm³/mol. The molecule has 1 N–H and O–H groups in total. The Balaban J connectivity index is 1.63. The smallest absolute Gasteiger partial charge is 0.266 e. The van der Waals surface area contributed by atoms with Crippen LogP contribution in [-0.4, -0.2) is 37.6 Å². The van der Waals surface area contributed by atoms with Crippen molar-refractivity contribution in [2.45, 2.75) is 10.9 Å². The van der Waals surface area contributed by atoms with E-state index in [0.717, 1.165) is 41.3 Å². The number of nitrogens with one attached hydrogen (secondary N) is 1. The molecule has 34 heavy (non-hydrogen) atoms. The number of pyridine rings is 1. The van der Waals surface area contributed by atoms with Crippen molar-refractivity contribution in [2.75, 3.05) is 11.0 Å². The molecule has 0 fully saturated rings.